The molecule has 2 heterocycles. The summed E-state index contributed by atoms with van der Waals surface area (Å²) >= 11 is 3.12. The molecule has 0 fully saturated rings. The average Bonchev–Trinajstić information content (AvgIpc) is 2.42. The number of nitrogen functional groups attached to an aromatic ring is 1. The minimum atomic E-state index is -0.620. The van der Waals surface area contributed by atoms with Crippen LogP contribution in [0.4, 0.5) is 10.2 Å². The van der Waals surface area contributed by atoms with Gasteiger partial charge < -0.3 is 5.73 Å². The highest BCUT2D eigenvalue weighted by Crippen LogP contribution is 2.30. The summed E-state index contributed by atoms with van der Waals surface area (Å²) in [5.74, 6) is 0.224. The van der Waals surface area contributed by atoms with Crippen molar-refractivity contribution in [3.63, 3.8) is 0 Å². The summed E-state index contributed by atoms with van der Waals surface area (Å²) in [5, 5.41) is 0.937. The van der Waals surface area contributed by atoms with Crippen LogP contribution in [0.5, 0.6) is 0 Å². The molecule has 4 nitrogen and oxygen atoms in total. The van der Waals surface area contributed by atoms with Crippen molar-refractivity contribution in [3.8, 4) is 11.1 Å². The lowest BCUT2D eigenvalue weighted by molar-refractivity contribution is 0.579. The van der Waals surface area contributed by atoms with Gasteiger partial charge in [0, 0.05) is 17.1 Å². The van der Waals surface area contributed by atoms with E-state index in [4.69, 9.17) is 5.73 Å². The fourth-order valence-electron chi connectivity index (χ4n) is 1.99. The number of hydrogen-bond acceptors (Lipinski definition) is 4. The lowest BCUT2D eigenvalue weighted by Gasteiger charge is -2.07. The van der Waals surface area contributed by atoms with Gasteiger partial charge in [-0.3, -0.25) is 0 Å². The minimum Gasteiger partial charge on any atom is -0.383 e. The molecule has 0 saturated heterocycles. The van der Waals surface area contributed by atoms with Gasteiger partial charge in [0.05, 0.1) is 9.99 Å². The number of aromatic nitrogens is 3. The van der Waals surface area contributed by atoms with Crippen LogP contribution in [0, 0.1) is 12.9 Å². The van der Waals surface area contributed by atoms with Crippen LogP contribution in [0.2, 0.25) is 0 Å². The van der Waals surface area contributed by atoms with Gasteiger partial charge in [0.15, 0.2) is 0 Å². The van der Waals surface area contributed by atoms with E-state index in [0.717, 1.165) is 16.5 Å². The van der Waals surface area contributed by atoms with Gasteiger partial charge in [-0.05, 0) is 40.5 Å². The Labute approximate surface area is 123 Å². The van der Waals surface area contributed by atoms with Crippen molar-refractivity contribution in [1.82, 2.24) is 15.0 Å². The van der Waals surface area contributed by atoms with Gasteiger partial charge in [0.2, 0.25) is 5.95 Å². The van der Waals surface area contributed by atoms with Gasteiger partial charge in [-0.25, -0.2) is 15.0 Å². The Morgan fingerprint density at radius 1 is 1.20 bits per heavy atom. The standard InChI is InChI=1S/C14H10BrFN4/c1-7-18-6-9-3-2-8(4-12(9)19-7)10-5-11(15)13(16)20-14(10)17/h2-6H,1H3,(H2,17,20). The van der Waals surface area contributed by atoms with Crippen LogP contribution in [-0.4, -0.2) is 15.0 Å². The highest BCUT2D eigenvalue weighted by atomic mass is 79.9. The van der Waals surface area contributed by atoms with E-state index in [9.17, 15) is 4.39 Å². The minimum absolute atomic E-state index is 0.149. The molecule has 0 saturated carbocycles. The number of hydrogen-bond donors (Lipinski definition) is 1. The third-order valence-electron chi connectivity index (χ3n) is 2.98. The number of halogens is 2. The smallest absolute Gasteiger partial charge is 0.229 e. The van der Waals surface area contributed by atoms with Gasteiger partial charge in [-0.2, -0.15) is 4.39 Å². The molecule has 0 amide bonds. The molecule has 0 radical (unpaired) electrons. The van der Waals surface area contributed by atoms with Crippen molar-refractivity contribution >= 4 is 32.7 Å². The number of rotatable bonds is 1. The monoisotopic (exact) mass is 332 g/mol. The zero-order valence-electron chi connectivity index (χ0n) is 10.6. The molecule has 2 N–H and O–H groups in total. The number of anilines is 1. The molecular formula is C14H10BrFN4. The summed E-state index contributed by atoms with van der Waals surface area (Å²) in [5.41, 5.74) is 8.10. The first-order valence-corrected chi connectivity index (χ1v) is 6.69. The van der Waals surface area contributed by atoms with Crippen LogP contribution in [0.1, 0.15) is 5.82 Å². The lowest BCUT2D eigenvalue weighted by Crippen LogP contribution is -1.98. The molecule has 3 rings (SSSR count). The summed E-state index contributed by atoms with van der Waals surface area (Å²) in [6.45, 7) is 1.83. The first kappa shape index (κ1) is 12.9. The Morgan fingerprint density at radius 3 is 2.80 bits per heavy atom. The number of benzene rings is 1. The molecule has 0 aliphatic rings. The van der Waals surface area contributed by atoms with E-state index in [0.29, 0.717) is 11.4 Å². The number of aryl methyl sites for hydroxylation is 1. The van der Waals surface area contributed by atoms with Gasteiger partial charge in [-0.15, -0.1) is 0 Å². The molecular weight excluding hydrogens is 323 g/mol. The Kier molecular flexibility index (Phi) is 3.10. The molecule has 100 valence electrons. The second kappa shape index (κ2) is 4.79. The highest BCUT2D eigenvalue weighted by Gasteiger charge is 2.10. The maximum Gasteiger partial charge on any atom is 0.229 e. The quantitative estimate of drug-likeness (QED) is 0.693. The number of nitrogens with two attached hydrogens (primary N) is 1. The van der Waals surface area contributed by atoms with Gasteiger partial charge in [0.25, 0.3) is 0 Å². The highest BCUT2D eigenvalue weighted by molar-refractivity contribution is 9.10. The summed E-state index contributed by atoms with van der Waals surface area (Å²) in [6, 6.07) is 7.30. The number of fused-ring (bicyclic) bond motifs is 1. The van der Waals surface area contributed by atoms with E-state index in [1.54, 1.807) is 12.3 Å². The second-order valence-corrected chi connectivity index (χ2v) is 5.24. The van der Waals surface area contributed by atoms with E-state index < -0.39 is 5.95 Å². The van der Waals surface area contributed by atoms with E-state index in [2.05, 4.69) is 30.9 Å². The average molecular weight is 333 g/mol. The Bertz CT molecular complexity index is 820. The lowest BCUT2D eigenvalue weighted by atomic mass is 10.0. The molecule has 0 spiro atoms. The van der Waals surface area contributed by atoms with Crippen molar-refractivity contribution in [2.75, 3.05) is 5.73 Å². The molecule has 6 heteroatoms. The van der Waals surface area contributed by atoms with Crippen LogP contribution < -0.4 is 5.73 Å². The Morgan fingerprint density at radius 2 is 2.00 bits per heavy atom. The summed E-state index contributed by atoms with van der Waals surface area (Å²) in [6.07, 6.45) is 1.77. The maximum absolute atomic E-state index is 13.3. The zero-order valence-corrected chi connectivity index (χ0v) is 12.1. The first-order chi connectivity index (χ1) is 9.54. The molecule has 0 atom stereocenters. The predicted octanol–water partition coefficient (Wildman–Crippen LogP) is 3.48. The Balaban J connectivity index is 2.22. The van der Waals surface area contributed by atoms with E-state index in [1.165, 1.54) is 0 Å². The van der Waals surface area contributed by atoms with Gasteiger partial charge in [-0.1, -0.05) is 12.1 Å². The fraction of sp³-hybridized carbons (Fsp3) is 0.0714. The largest absolute Gasteiger partial charge is 0.383 e. The number of nitrogens with zero attached hydrogens (tertiary/aromatic N) is 3. The van der Waals surface area contributed by atoms with Crippen LogP contribution in [0.3, 0.4) is 0 Å². The van der Waals surface area contributed by atoms with Gasteiger partial charge in [0.1, 0.15) is 11.6 Å². The molecule has 3 aromatic rings. The van der Waals surface area contributed by atoms with Crippen molar-refractivity contribution in [2.24, 2.45) is 0 Å². The van der Waals surface area contributed by atoms with Crippen LogP contribution in [-0.2, 0) is 0 Å². The van der Waals surface area contributed by atoms with Crippen LogP contribution >= 0.6 is 15.9 Å². The normalized spacial score (nSPS) is 10.9. The van der Waals surface area contributed by atoms with Crippen molar-refractivity contribution < 1.29 is 4.39 Å². The third-order valence-corrected chi connectivity index (χ3v) is 3.53. The summed E-state index contributed by atoms with van der Waals surface area (Å²) < 4.78 is 13.6. The second-order valence-electron chi connectivity index (χ2n) is 4.38. The van der Waals surface area contributed by atoms with Crippen LogP contribution in [0.25, 0.3) is 22.0 Å². The molecule has 1 aromatic carbocycles. The maximum atomic E-state index is 13.3. The molecule has 0 aliphatic heterocycles. The fourth-order valence-corrected chi connectivity index (χ4v) is 2.31. The zero-order chi connectivity index (χ0) is 14.3. The molecule has 0 aliphatic carbocycles. The molecule has 0 unspecified atom stereocenters. The third kappa shape index (κ3) is 2.22. The Hall–Kier alpha value is -2.08. The SMILES string of the molecule is Cc1ncc2ccc(-c3cc(Br)c(F)nc3N)cc2n1. The van der Waals surface area contributed by atoms with E-state index in [-0.39, 0.29) is 10.3 Å². The summed E-state index contributed by atoms with van der Waals surface area (Å²) in [7, 11) is 0. The number of pyridine rings is 1. The van der Waals surface area contributed by atoms with Crippen molar-refractivity contribution in [1.29, 1.82) is 0 Å². The van der Waals surface area contributed by atoms with Gasteiger partial charge >= 0.3 is 0 Å². The molecule has 2 aromatic heterocycles. The molecule has 20 heavy (non-hydrogen) atoms. The first-order valence-electron chi connectivity index (χ1n) is 5.90. The van der Waals surface area contributed by atoms with Crippen molar-refractivity contribution in [2.45, 2.75) is 6.92 Å². The van der Waals surface area contributed by atoms with E-state index >= 15 is 0 Å². The van der Waals surface area contributed by atoms with Crippen molar-refractivity contribution in [3.05, 3.63) is 46.7 Å². The molecule has 0 bridgehead atoms. The van der Waals surface area contributed by atoms with Crippen LogP contribution in [0.15, 0.2) is 34.9 Å². The topological polar surface area (TPSA) is 64.7 Å². The summed E-state index contributed by atoms with van der Waals surface area (Å²) in [4.78, 5) is 12.2. The van der Waals surface area contributed by atoms with E-state index in [1.807, 2.05) is 25.1 Å². The predicted molar refractivity (Wildman–Crippen MR) is 79.6 cm³/mol.